The molecule has 2 unspecified atom stereocenters. The summed E-state index contributed by atoms with van der Waals surface area (Å²) in [6.45, 7) is 12.8. The van der Waals surface area contributed by atoms with Crippen LogP contribution in [0.3, 0.4) is 0 Å². The molecule has 32 heavy (non-hydrogen) atoms. The second-order valence-corrected chi connectivity index (χ2v) is 9.98. The molecule has 1 aromatic carbocycles. The van der Waals surface area contributed by atoms with Crippen molar-refractivity contribution in [3.63, 3.8) is 0 Å². The second-order valence-electron chi connectivity index (χ2n) is 9.61. The highest BCUT2D eigenvalue weighted by Gasteiger charge is 2.37. The van der Waals surface area contributed by atoms with Crippen molar-refractivity contribution in [2.75, 3.05) is 12.3 Å². The summed E-state index contributed by atoms with van der Waals surface area (Å²) < 4.78 is 5.26. The van der Waals surface area contributed by atoms with Crippen molar-refractivity contribution in [2.45, 2.75) is 78.1 Å². The Labute approximate surface area is 196 Å². The standard InChI is InChI=1S/C23H37N3O5S/c1-8-13-26(20(29)16(14-32)24-21(30)31-23(5,6)7)18(19(28)25-22(2,3)4)15-11-9-10-12-17(15)27/h9-12,16,18,27,32H,8,13-14H2,1-7H3,(H,24,30)(H,25,28). The van der Waals surface area contributed by atoms with Crippen molar-refractivity contribution in [1.29, 1.82) is 0 Å². The van der Waals surface area contributed by atoms with Crippen LogP contribution < -0.4 is 10.6 Å². The molecule has 1 aromatic rings. The molecular weight excluding hydrogens is 430 g/mol. The molecule has 0 bridgehead atoms. The Balaban J connectivity index is 3.37. The average molecular weight is 468 g/mol. The normalized spacial score (nSPS) is 13.6. The van der Waals surface area contributed by atoms with E-state index in [2.05, 4.69) is 23.3 Å². The number of para-hydroxylation sites is 1. The minimum atomic E-state index is -1.09. The molecule has 0 radical (unpaired) electrons. The lowest BCUT2D eigenvalue weighted by Gasteiger charge is -2.35. The first-order chi connectivity index (χ1) is 14.7. The third-order valence-electron chi connectivity index (χ3n) is 4.21. The minimum absolute atomic E-state index is 0.00662. The van der Waals surface area contributed by atoms with Gasteiger partial charge in [0.1, 0.15) is 23.4 Å². The number of hydrogen-bond acceptors (Lipinski definition) is 6. The van der Waals surface area contributed by atoms with Crippen LogP contribution in [0.2, 0.25) is 0 Å². The first-order valence-corrected chi connectivity index (χ1v) is 11.3. The van der Waals surface area contributed by atoms with E-state index in [1.807, 2.05) is 27.7 Å². The third kappa shape index (κ3) is 8.61. The van der Waals surface area contributed by atoms with Gasteiger partial charge in [-0.25, -0.2) is 4.79 Å². The maximum absolute atomic E-state index is 13.5. The molecule has 0 aliphatic carbocycles. The fraction of sp³-hybridized carbons (Fsp3) is 0.609. The molecule has 8 nitrogen and oxygen atoms in total. The molecule has 0 spiro atoms. The number of rotatable bonds is 8. The molecule has 0 saturated carbocycles. The fourth-order valence-corrected chi connectivity index (χ4v) is 3.30. The van der Waals surface area contributed by atoms with Gasteiger partial charge < -0.3 is 25.4 Å². The molecule has 3 amide bonds. The number of alkyl carbamates (subject to hydrolysis) is 1. The van der Waals surface area contributed by atoms with Gasteiger partial charge in [-0.15, -0.1) is 0 Å². The predicted octanol–water partition coefficient (Wildman–Crippen LogP) is 3.41. The van der Waals surface area contributed by atoms with Gasteiger partial charge in [0.2, 0.25) is 11.8 Å². The van der Waals surface area contributed by atoms with Crippen LogP contribution in [0.15, 0.2) is 24.3 Å². The van der Waals surface area contributed by atoms with Gasteiger partial charge in [-0.3, -0.25) is 9.59 Å². The second kappa shape index (κ2) is 11.4. The summed E-state index contributed by atoms with van der Waals surface area (Å²) in [4.78, 5) is 40.5. The zero-order valence-electron chi connectivity index (χ0n) is 20.1. The monoisotopic (exact) mass is 467 g/mol. The van der Waals surface area contributed by atoms with Gasteiger partial charge >= 0.3 is 6.09 Å². The van der Waals surface area contributed by atoms with E-state index in [9.17, 15) is 19.5 Å². The zero-order valence-corrected chi connectivity index (χ0v) is 21.0. The number of phenolic OH excluding ortho intramolecular Hbond substituents is 1. The Morgan fingerprint density at radius 2 is 1.72 bits per heavy atom. The Morgan fingerprint density at radius 3 is 2.19 bits per heavy atom. The Kier molecular flexibility index (Phi) is 9.88. The van der Waals surface area contributed by atoms with Gasteiger partial charge in [0, 0.05) is 23.4 Å². The summed E-state index contributed by atoms with van der Waals surface area (Å²) in [5.74, 6) is -1.02. The summed E-state index contributed by atoms with van der Waals surface area (Å²) in [6.07, 6.45) is -0.190. The quantitative estimate of drug-likeness (QED) is 0.438. The minimum Gasteiger partial charge on any atom is -0.508 e. The van der Waals surface area contributed by atoms with Gasteiger partial charge in [-0.2, -0.15) is 12.6 Å². The predicted molar refractivity (Wildman–Crippen MR) is 128 cm³/mol. The highest BCUT2D eigenvalue weighted by Crippen LogP contribution is 2.30. The van der Waals surface area contributed by atoms with E-state index in [1.165, 1.54) is 11.0 Å². The summed E-state index contributed by atoms with van der Waals surface area (Å²) in [5, 5.41) is 15.9. The topological polar surface area (TPSA) is 108 Å². The summed E-state index contributed by atoms with van der Waals surface area (Å²) in [5.41, 5.74) is -0.994. The van der Waals surface area contributed by atoms with Crippen LogP contribution >= 0.6 is 12.6 Å². The van der Waals surface area contributed by atoms with Crippen LogP contribution in [-0.4, -0.2) is 57.4 Å². The van der Waals surface area contributed by atoms with Crippen LogP contribution in [0.4, 0.5) is 4.79 Å². The molecular formula is C23H37N3O5S. The molecule has 0 aliphatic heterocycles. The average Bonchev–Trinajstić information content (AvgIpc) is 2.63. The number of thiol groups is 1. The van der Waals surface area contributed by atoms with Crippen LogP contribution in [0.25, 0.3) is 0 Å². The van der Waals surface area contributed by atoms with E-state index in [4.69, 9.17) is 4.74 Å². The Morgan fingerprint density at radius 1 is 1.12 bits per heavy atom. The highest BCUT2D eigenvalue weighted by molar-refractivity contribution is 7.80. The van der Waals surface area contributed by atoms with Crippen molar-refractivity contribution >= 4 is 30.5 Å². The highest BCUT2D eigenvalue weighted by atomic mass is 32.1. The maximum Gasteiger partial charge on any atom is 0.408 e. The molecule has 1 rings (SSSR count). The van der Waals surface area contributed by atoms with E-state index in [0.717, 1.165) is 0 Å². The zero-order chi connectivity index (χ0) is 24.7. The summed E-state index contributed by atoms with van der Waals surface area (Å²) in [7, 11) is 0. The van der Waals surface area contributed by atoms with Crippen molar-refractivity contribution < 1.29 is 24.2 Å². The number of ether oxygens (including phenoxy) is 1. The van der Waals surface area contributed by atoms with E-state index in [1.54, 1.807) is 39.0 Å². The Hall–Kier alpha value is -2.42. The number of amides is 3. The largest absolute Gasteiger partial charge is 0.508 e. The molecule has 9 heteroatoms. The van der Waals surface area contributed by atoms with Crippen molar-refractivity contribution in [1.82, 2.24) is 15.5 Å². The van der Waals surface area contributed by atoms with E-state index in [0.29, 0.717) is 12.0 Å². The van der Waals surface area contributed by atoms with Crippen molar-refractivity contribution in [3.8, 4) is 5.75 Å². The number of nitrogens with zero attached hydrogens (tertiary/aromatic N) is 1. The van der Waals surface area contributed by atoms with Gasteiger partial charge in [0.05, 0.1) is 0 Å². The van der Waals surface area contributed by atoms with Gasteiger partial charge in [0.25, 0.3) is 0 Å². The van der Waals surface area contributed by atoms with E-state index >= 15 is 0 Å². The smallest absolute Gasteiger partial charge is 0.408 e. The van der Waals surface area contributed by atoms with Gasteiger partial charge in [-0.1, -0.05) is 25.1 Å². The Bertz CT molecular complexity index is 802. The van der Waals surface area contributed by atoms with E-state index in [-0.39, 0.29) is 18.0 Å². The molecule has 0 aliphatic rings. The number of nitrogens with one attached hydrogen (secondary N) is 2. The molecule has 0 saturated heterocycles. The third-order valence-corrected chi connectivity index (χ3v) is 4.57. The fourth-order valence-electron chi connectivity index (χ4n) is 3.05. The summed E-state index contributed by atoms with van der Waals surface area (Å²) in [6, 6.07) is 4.30. The van der Waals surface area contributed by atoms with Crippen LogP contribution in [0.1, 0.15) is 66.5 Å². The molecule has 0 heterocycles. The van der Waals surface area contributed by atoms with Gasteiger partial charge in [0.15, 0.2) is 0 Å². The number of aromatic hydroxyl groups is 1. The lowest BCUT2D eigenvalue weighted by molar-refractivity contribution is -0.142. The van der Waals surface area contributed by atoms with Gasteiger partial charge in [-0.05, 0) is 54.0 Å². The summed E-state index contributed by atoms with van der Waals surface area (Å²) >= 11 is 4.23. The number of carbonyl (C=O) groups is 3. The molecule has 180 valence electrons. The lowest BCUT2D eigenvalue weighted by atomic mass is 9.99. The number of hydrogen-bond donors (Lipinski definition) is 4. The van der Waals surface area contributed by atoms with Crippen molar-refractivity contribution in [3.05, 3.63) is 29.8 Å². The molecule has 3 N–H and O–H groups in total. The number of carbonyl (C=O) groups excluding carboxylic acids is 3. The maximum atomic E-state index is 13.5. The SMILES string of the molecule is CCCN(C(=O)C(CS)NC(=O)OC(C)(C)C)C(C(=O)NC(C)(C)C)c1ccccc1O. The number of benzene rings is 1. The van der Waals surface area contributed by atoms with Crippen LogP contribution in [0, 0.1) is 0 Å². The molecule has 2 atom stereocenters. The van der Waals surface area contributed by atoms with Crippen LogP contribution in [-0.2, 0) is 14.3 Å². The lowest BCUT2D eigenvalue weighted by Crippen LogP contribution is -2.55. The number of phenols is 1. The first kappa shape index (κ1) is 27.6. The molecule has 0 fully saturated rings. The van der Waals surface area contributed by atoms with Crippen molar-refractivity contribution in [2.24, 2.45) is 0 Å². The van der Waals surface area contributed by atoms with E-state index < -0.39 is 41.1 Å². The molecule has 0 aromatic heterocycles. The first-order valence-electron chi connectivity index (χ1n) is 10.7. The van der Waals surface area contributed by atoms with Crippen LogP contribution in [0.5, 0.6) is 5.75 Å².